The average molecular weight is 318 g/mol. The second kappa shape index (κ2) is 5.78. The lowest BCUT2D eigenvalue weighted by Gasteiger charge is -2.32. The number of aryl methyl sites for hydroxylation is 3. The zero-order valence-electron chi connectivity index (χ0n) is 14.3. The lowest BCUT2D eigenvalue weighted by Crippen LogP contribution is -2.28. The summed E-state index contributed by atoms with van der Waals surface area (Å²) in [4.78, 5) is 4.42. The molecule has 3 aromatic rings. The van der Waals surface area contributed by atoms with Crippen molar-refractivity contribution < 1.29 is 0 Å². The van der Waals surface area contributed by atoms with Crippen LogP contribution in [0.25, 0.3) is 0 Å². The van der Waals surface area contributed by atoms with Crippen LogP contribution in [0.3, 0.4) is 0 Å². The van der Waals surface area contributed by atoms with E-state index in [1.807, 2.05) is 4.68 Å². The number of benzene rings is 2. The summed E-state index contributed by atoms with van der Waals surface area (Å²) in [6.07, 6.45) is 2.60. The van der Waals surface area contributed by atoms with Crippen molar-refractivity contribution in [1.29, 1.82) is 0 Å². The molecule has 122 valence electrons. The molecule has 0 spiro atoms. The van der Waals surface area contributed by atoms with Crippen LogP contribution in [0, 0.1) is 20.8 Å². The monoisotopic (exact) mass is 318 g/mol. The first kappa shape index (κ1) is 14.9. The zero-order valence-corrected chi connectivity index (χ0v) is 14.3. The standard InChI is InChI=1S/C20H22N4/c1-13-8-9-16(10-15(13)3)18-11-19(17-7-5-4-6-14(17)2)24-20(23-18)21-12-22-24/h4-10,12,18-19H,11H2,1-3H3,(H,21,22,23)/t18-,19-/m0/s1. The number of fused-ring (bicyclic) bond motifs is 1. The second-order valence-electron chi connectivity index (χ2n) is 6.68. The first-order valence-corrected chi connectivity index (χ1v) is 8.42. The normalized spacial score (nSPS) is 19.6. The quantitative estimate of drug-likeness (QED) is 0.764. The molecule has 0 aliphatic carbocycles. The van der Waals surface area contributed by atoms with Gasteiger partial charge in [-0.05, 0) is 55.0 Å². The molecule has 2 atom stereocenters. The van der Waals surface area contributed by atoms with Crippen molar-refractivity contribution >= 4 is 5.95 Å². The Morgan fingerprint density at radius 3 is 2.62 bits per heavy atom. The molecule has 0 bridgehead atoms. The van der Waals surface area contributed by atoms with Crippen molar-refractivity contribution in [3.05, 3.63) is 76.6 Å². The fraction of sp³-hybridized carbons (Fsp3) is 0.300. The van der Waals surface area contributed by atoms with Gasteiger partial charge in [0.05, 0.1) is 12.1 Å². The molecule has 0 unspecified atom stereocenters. The molecule has 0 radical (unpaired) electrons. The van der Waals surface area contributed by atoms with Crippen LogP contribution in [0.15, 0.2) is 48.8 Å². The van der Waals surface area contributed by atoms with Crippen molar-refractivity contribution in [3.63, 3.8) is 0 Å². The average Bonchev–Trinajstić information content (AvgIpc) is 3.05. The van der Waals surface area contributed by atoms with Crippen LogP contribution in [-0.4, -0.2) is 14.8 Å². The molecule has 0 saturated carbocycles. The third kappa shape index (κ3) is 2.48. The summed E-state index contributed by atoms with van der Waals surface area (Å²) in [5.41, 5.74) is 6.58. The third-order valence-corrected chi connectivity index (χ3v) is 5.11. The maximum Gasteiger partial charge on any atom is 0.222 e. The Morgan fingerprint density at radius 1 is 1.00 bits per heavy atom. The highest BCUT2D eigenvalue weighted by molar-refractivity contribution is 5.41. The van der Waals surface area contributed by atoms with Gasteiger partial charge in [0.1, 0.15) is 6.33 Å². The van der Waals surface area contributed by atoms with Gasteiger partial charge in [0.2, 0.25) is 5.95 Å². The number of nitrogens with one attached hydrogen (secondary N) is 1. The molecule has 1 aliphatic rings. The van der Waals surface area contributed by atoms with Gasteiger partial charge >= 0.3 is 0 Å². The van der Waals surface area contributed by atoms with Gasteiger partial charge in [-0.3, -0.25) is 0 Å². The van der Waals surface area contributed by atoms with Gasteiger partial charge < -0.3 is 5.32 Å². The summed E-state index contributed by atoms with van der Waals surface area (Å²) in [6.45, 7) is 6.49. The summed E-state index contributed by atoms with van der Waals surface area (Å²) < 4.78 is 2.01. The van der Waals surface area contributed by atoms with Gasteiger partial charge in [0, 0.05) is 0 Å². The Bertz CT molecular complexity index is 881. The van der Waals surface area contributed by atoms with Crippen molar-refractivity contribution in [3.8, 4) is 0 Å². The Balaban J connectivity index is 1.76. The number of rotatable bonds is 2. The van der Waals surface area contributed by atoms with Gasteiger partial charge in [0.15, 0.2) is 0 Å². The molecule has 0 saturated heterocycles. The minimum absolute atomic E-state index is 0.205. The third-order valence-electron chi connectivity index (χ3n) is 5.11. The molecular weight excluding hydrogens is 296 g/mol. The van der Waals surface area contributed by atoms with Crippen LogP contribution in [-0.2, 0) is 0 Å². The Morgan fingerprint density at radius 2 is 1.83 bits per heavy atom. The minimum atomic E-state index is 0.205. The van der Waals surface area contributed by atoms with Gasteiger partial charge in [0.25, 0.3) is 0 Å². The summed E-state index contributed by atoms with van der Waals surface area (Å²) in [5.74, 6) is 0.845. The summed E-state index contributed by atoms with van der Waals surface area (Å²) in [7, 11) is 0. The molecule has 4 nitrogen and oxygen atoms in total. The number of hydrogen-bond donors (Lipinski definition) is 1. The maximum absolute atomic E-state index is 4.46. The van der Waals surface area contributed by atoms with Crippen LogP contribution in [0.2, 0.25) is 0 Å². The molecule has 1 aromatic heterocycles. The van der Waals surface area contributed by atoms with E-state index in [2.05, 4.69) is 78.6 Å². The lowest BCUT2D eigenvalue weighted by atomic mass is 9.90. The van der Waals surface area contributed by atoms with Gasteiger partial charge in [-0.15, -0.1) is 0 Å². The lowest BCUT2D eigenvalue weighted by molar-refractivity contribution is 0.429. The van der Waals surface area contributed by atoms with Crippen LogP contribution in [0.4, 0.5) is 5.95 Å². The molecule has 2 aromatic carbocycles. The smallest absolute Gasteiger partial charge is 0.222 e. The van der Waals surface area contributed by atoms with Crippen molar-refractivity contribution in [2.75, 3.05) is 5.32 Å². The molecule has 0 fully saturated rings. The molecule has 4 rings (SSSR count). The summed E-state index contributed by atoms with van der Waals surface area (Å²) in [5, 5.41) is 8.01. The van der Waals surface area contributed by atoms with Crippen molar-refractivity contribution in [1.82, 2.24) is 14.8 Å². The molecule has 1 aliphatic heterocycles. The number of nitrogens with zero attached hydrogens (tertiary/aromatic N) is 3. The Kier molecular flexibility index (Phi) is 3.60. The predicted molar refractivity (Wildman–Crippen MR) is 96.2 cm³/mol. The zero-order chi connectivity index (χ0) is 16.7. The number of hydrogen-bond acceptors (Lipinski definition) is 3. The fourth-order valence-corrected chi connectivity index (χ4v) is 3.54. The molecule has 1 N–H and O–H groups in total. The molecule has 4 heteroatoms. The van der Waals surface area contributed by atoms with Gasteiger partial charge in [-0.1, -0.05) is 42.5 Å². The Labute approximate surface area is 142 Å². The van der Waals surface area contributed by atoms with Gasteiger partial charge in [-0.2, -0.15) is 10.1 Å². The number of anilines is 1. The predicted octanol–water partition coefficient (Wildman–Crippen LogP) is 4.35. The highest BCUT2D eigenvalue weighted by Gasteiger charge is 2.30. The van der Waals surface area contributed by atoms with E-state index >= 15 is 0 Å². The van der Waals surface area contributed by atoms with Crippen LogP contribution < -0.4 is 5.32 Å². The van der Waals surface area contributed by atoms with Crippen molar-refractivity contribution in [2.24, 2.45) is 0 Å². The van der Waals surface area contributed by atoms with E-state index in [9.17, 15) is 0 Å². The maximum atomic E-state index is 4.46. The molecule has 2 heterocycles. The van der Waals surface area contributed by atoms with E-state index in [-0.39, 0.29) is 12.1 Å². The van der Waals surface area contributed by atoms with E-state index < -0.39 is 0 Å². The van der Waals surface area contributed by atoms with E-state index in [4.69, 9.17) is 0 Å². The summed E-state index contributed by atoms with van der Waals surface area (Å²) >= 11 is 0. The molecular formula is C20H22N4. The van der Waals surface area contributed by atoms with Crippen LogP contribution in [0.1, 0.15) is 46.3 Å². The molecule has 0 amide bonds. The number of aromatic nitrogens is 3. The van der Waals surface area contributed by atoms with Gasteiger partial charge in [-0.25, -0.2) is 4.68 Å². The van der Waals surface area contributed by atoms with E-state index in [1.165, 1.54) is 27.8 Å². The highest BCUT2D eigenvalue weighted by Crippen LogP contribution is 2.38. The Hall–Kier alpha value is -2.62. The second-order valence-corrected chi connectivity index (χ2v) is 6.68. The fourth-order valence-electron chi connectivity index (χ4n) is 3.54. The van der Waals surface area contributed by atoms with E-state index in [0.29, 0.717) is 0 Å². The van der Waals surface area contributed by atoms with Crippen LogP contribution in [0.5, 0.6) is 0 Å². The SMILES string of the molecule is Cc1ccc([C@@H]2C[C@@H](c3ccccc3C)n3ncnc3N2)cc1C. The first-order chi connectivity index (χ1) is 11.6. The van der Waals surface area contributed by atoms with Crippen molar-refractivity contribution in [2.45, 2.75) is 39.3 Å². The van der Waals surface area contributed by atoms with E-state index in [1.54, 1.807) is 6.33 Å². The first-order valence-electron chi connectivity index (χ1n) is 8.42. The topological polar surface area (TPSA) is 42.7 Å². The highest BCUT2D eigenvalue weighted by atomic mass is 15.4. The minimum Gasteiger partial charge on any atom is -0.348 e. The molecule has 24 heavy (non-hydrogen) atoms. The largest absolute Gasteiger partial charge is 0.348 e. The summed E-state index contributed by atoms with van der Waals surface area (Å²) in [6, 6.07) is 15.7. The van der Waals surface area contributed by atoms with E-state index in [0.717, 1.165) is 12.4 Å². The van der Waals surface area contributed by atoms with Crippen LogP contribution >= 0.6 is 0 Å².